The van der Waals surface area contributed by atoms with Crippen molar-refractivity contribution < 1.29 is 18.7 Å². The maximum atomic E-state index is 12.0. The minimum absolute atomic E-state index is 0.380. The lowest BCUT2D eigenvalue weighted by atomic mass is 10.2. The van der Waals surface area contributed by atoms with Crippen molar-refractivity contribution in [1.29, 1.82) is 0 Å². The molecule has 1 aromatic carbocycles. The summed E-state index contributed by atoms with van der Waals surface area (Å²) < 4.78 is 10.6. The Bertz CT molecular complexity index is 661. The first-order valence-corrected chi connectivity index (χ1v) is 7.49. The van der Waals surface area contributed by atoms with Crippen molar-refractivity contribution in [1.82, 2.24) is 10.9 Å². The molecule has 0 bridgehead atoms. The lowest BCUT2D eigenvalue weighted by Crippen LogP contribution is -2.41. The first kappa shape index (κ1) is 16.6. The summed E-state index contributed by atoms with van der Waals surface area (Å²) in [5.41, 5.74) is 5.52. The predicted molar refractivity (Wildman–Crippen MR) is 85.2 cm³/mol. The number of benzene rings is 1. The topological polar surface area (TPSA) is 80.6 Å². The number of carbonyl (C=O) groups is 2. The molecule has 2 aromatic rings. The summed E-state index contributed by atoms with van der Waals surface area (Å²) in [4.78, 5) is 23.8. The molecule has 0 saturated carbocycles. The molecule has 6 heteroatoms. The highest BCUT2D eigenvalue weighted by Crippen LogP contribution is 2.12. The second-order valence-electron chi connectivity index (χ2n) is 5.03. The number of hydrogen-bond acceptors (Lipinski definition) is 4. The number of unbranched alkanes of at least 4 members (excludes halogenated alkanes) is 1. The van der Waals surface area contributed by atoms with E-state index >= 15 is 0 Å². The van der Waals surface area contributed by atoms with Crippen molar-refractivity contribution in [2.24, 2.45) is 0 Å². The lowest BCUT2D eigenvalue weighted by molar-refractivity contribution is 0.0845. The van der Waals surface area contributed by atoms with E-state index < -0.39 is 11.8 Å². The molecule has 1 heterocycles. The number of rotatable bonds is 6. The average molecular weight is 316 g/mol. The normalized spacial score (nSPS) is 10.2. The Labute approximate surface area is 134 Å². The molecule has 0 unspecified atom stereocenters. The average Bonchev–Trinajstić information content (AvgIpc) is 2.99. The van der Waals surface area contributed by atoms with Gasteiger partial charge in [-0.2, -0.15) is 0 Å². The van der Waals surface area contributed by atoms with Crippen molar-refractivity contribution in [3.05, 3.63) is 53.5 Å². The van der Waals surface area contributed by atoms with E-state index in [-0.39, 0.29) is 0 Å². The van der Waals surface area contributed by atoms with Crippen molar-refractivity contribution in [2.75, 3.05) is 6.61 Å². The summed E-state index contributed by atoms with van der Waals surface area (Å²) in [6, 6.07) is 8.29. The smallest absolute Gasteiger partial charge is 0.273 e. The molecule has 0 aliphatic heterocycles. The summed E-state index contributed by atoms with van der Waals surface area (Å²) in [6.07, 6.45) is 3.47. The largest absolute Gasteiger partial charge is 0.494 e. The van der Waals surface area contributed by atoms with Gasteiger partial charge < -0.3 is 9.15 Å². The Morgan fingerprint density at radius 3 is 2.39 bits per heavy atom. The third-order valence-electron chi connectivity index (χ3n) is 3.28. The molecular formula is C17H20N2O4. The van der Waals surface area contributed by atoms with Gasteiger partial charge in [-0.3, -0.25) is 20.4 Å². The van der Waals surface area contributed by atoms with Crippen molar-refractivity contribution in [3.63, 3.8) is 0 Å². The number of carbonyl (C=O) groups excluding carboxylic acids is 2. The number of ether oxygens (including phenoxy) is 1. The monoisotopic (exact) mass is 316 g/mol. The molecule has 0 aliphatic rings. The highest BCUT2D eigenvalue weighted by molar-refractivity contribution is 5.99. The Morgan fingerprint density at radius 1 is 1.09 bits per heavy atom. The van der Waals surface area contributed by atoms with Crippen LogP contribution in [0.4, 0.5) is 0 Å². The molecule has 0 atom stereocenters. The van der Waals surface area contributed by atoms with Crippen molar-refractivity contribution >= 4 is 11.8 Å². The Kier molecular flexibility index (Phi) is 5.80. The van der Waals surface area contributed by atoms with Gasteiger partial charge in [-0.05, 0) is 43.7 Å². The molecule has 2 rings (SSSR count). The van der Waals surface area contributed by atoms with Gasteiger partial charge in [-0.1, -0.05) is 13.3 Å². The zero-order valence-corrected chi connectivity index (χ0v) is 13.2. The minimum atomic E-state index is -0.427. The zero-order valence-electron chi connectivity index (χ0n) is 13.2. The van der Waals surface area contributed by atoms with Crippen LogP contribution in [-0.4, -0.2) is 18.4 Å². The van der Waals surface area contributed by atoms with Crippen LogP contribution in [0.2, 0.25) is 0 Å². The highest BCUT2D eigenvalue weighted by atomic mass is 16.5. The van der Waals surface area contributed by atoms with E-state index in [0.717, 1.165) is 12.8 Å². The minimum Gasteiger partial charge on any atom is -0.494 e. The fourth-order valence-electron chi connectivity index (χ4n) is 1.91. The van der Waals surface area contributed by atoms with Gasteiger partial charge in [-0.25, -0.2) is 0 Å². The number of hydrogen-bond donors (Lipinski definition) is 2. The molecule has 0 saturated heterocycles. The van der Waals surface area contributed by atoms with E-state index in [0.29, 0.717) is 29.2 Å². The van der Waals surface area contributed by atoms with Crippen LogP contribution < -0.4 is 15.6 Å². The zero-order chi connectivity index (χ0) is 16.7. The standard InChI is InChI=1S/C17H20N2O4/c1-3-4-10-23-14-7-5-13(6-8-14)16(20)18-19-17(21)15-9-11-22-12(15)2/h5-9,11H,3-4,10H2,1-2H3,(H,18,20)(H,19,21). The summed E-state index contributed by atoms with van der Waals surface area (Å²) in [5.74, 6) is 0.377. The number of nitrogens with one attached hydrogen (secondary N) is 2. The van der Waals surface area contributed by atoms with Gasteiger partial charge in [0.05, 0.1) is 18.4 Å². The van der Waals surface area contributed by atoms with E-state index in [4.69, 9.17) is 9.15 Å². The molecule has 23 heavy (non-hydrogen) atoms. The van der Waals surface area contributed by atoms with E-state index in [9.17, 15) is 9.59 Å². The molecule has 0 spiro atoms. The molecule has 1 aromatic heterocycles. The van der Waals surface area contributed by atoms with E-state index in [1.165, 1.54) is 6.26 Å². The summed E-state index contributed by atoms with van der Waals surface area (Å²) in [5, 5.41) is 0. The van der Waals surface area contributed by atoms with Crippen molar-refractivity contribution in [2.45, 2.75) is 26.7 Å². The van der Waals surface area contributed by atoms with E-state index in [2.05, 4.69) is 17.8 Å². The Balaban J connectivity index is 1.86. The second-order valence-corrected chi connectivity index (χ2v) is 5.03. The van der Waals surface area contributed by atoms with Crippen LogP contribution in [-0.2, 0) is 0 Å². The highest BCUT2D eigenvalue weighted by Gasteiger charge is 2.12. The van der Waals surface area contributed by atoms with Gasteiger partial charge >= 0.3 is 0 Å². The van der Waals surface area contributed by atoms with Crippen LogP contribution in [0.25, 0.3) is 0 Å². The Morgan fingerprint density at radius 2 is 1.78 bits per heavy atom. The van der Waals surface area contributed by atoms with Gasteiger partial charge in [0.15, 0.2) is 0 Å². The van der Waals surface area contributed by atoms with Gasteiger partial charge in [0, 0.05) is 5.56 Å². The molecule has 122 valence electrons. The maximum absolute atomic E-state index is 12.0. The SMILES string of the molecule is CCCCOc1ccc(C(=O)NNC(=O)c2ccoc2C)cc1. The summed E-state index contributed by atoms with van der Waals surface area (Å²) in [6.45, 7) is 4.42. The molecule has 2 N–H and O–H groups in total. The first-order valence-electron chi connectivity index (χ1n) is 7.49. The van der Waals surface area contributed by atoms with Crippen LogP contribution in [0.3, 0.4) is 0 Å². The van der Waals surface area contributed by atoms with Crippen LogP contribution in [0.1, 0.15) is 46.2 Å². The second kappa shape index (κ2) is 8.03. The van der Waals surface area contributed by atoms with Crippen LogP contribution >= 0.6 is 0 Å². The molecule has 0 fully saturated rings. The first-order chi connectivity index (χ1) is 11.1. The third-order valence-corrected chi connectivity index (χ3v) is 3.28. The molecule has 2 amide bonds. The molecule has 6 nitrogen and oxygen atoms in total. The number of aryl methyl sites for hydroxylation is 1. The number of furan rings is 1. The summed E-state index contributed by atoms with van der Waals surface area (Å²) >= 11 is 0. The fraction of sp³-hybridized carbons (Fsp3) is 0.294. The number of amides is 2. The Hall–Kier alpha value is -2.76. The lowest BCUT2D eigenvalue weighted by Gasteiger charge is -2.08. The molecular weight excluding hydrogens is 296 g/mol. The van der Waals surface area contributed by atoms with Crippen molar-refractivity contribution in [3.8, 4) is 5.75 Å². The van der Waals surface area contributed by atoms with Gasteiger partial charge in [0.25, 0.3) is 11.8 Å². The molecule has 0 aliphatic carbocycles. The maximum Gasteiger partial charge on any atom is 0.273 e. The third kappa shape index (κ3) is 4.60. The van der Waals surface area contributed by atoms with Gasteiger partial charge in [0.2, 0.25) is 0 Å². The predicted octanol–water partition coefficient (Wildman–Crippen LogP) is 2.84. The number of hydrazine groups is 1. The van der Waals surface area contributed by atoms with Crippen LogP contribution in [0, 0.1) is 6.92 Å². The summed E-state index contributed by atoms with van der Waals surface area (Å²) in [7, 11) is 0. The fourth-order valence-corrected chi connectivity index (χ4v) is 1.91. The van der Waals surface area contributed by atoms with Gasteiger partial charge in [0.1, 0.15) is 11.5 Å². The van der Waals surface area contributed by atoms with Gasteiger partial charge in [-0.15, -0.1) is 0 Å². The molecule has 0 radical (unpaired) electrons. The van der Waals surface area contributed by atoms with E-state index in [1.807, 2.05) is 0 Å². The van der Waals surface area contributed by atoms with Crippen LogP contribution in [0.15, 0.2) is 41.0 Å². The quantitative estimate of drug-likeness (QED) is 0.634. The van der Waals surface area contributed by atoms with Crippen LogP contribution in [0.5, 0.6) is 5.75 Å². The van der Waals surface area contributed by atoms with E-state index in [1.54, 1.807) is 37.3 Å².